The summed E-state index contributed by atoms with van der Waals surface area (Å²) < 4.78 is 26.5. The van der Waals surface area contributed by atoms with Crippen molar-refractivity contribution in [3.8, 4) is 0 Å². The van der Waals surface area contributed by atoms with Gasteiger partial charge in [0.1, 0.15) is 17.3 Å². The second-order valence-electron chi connectivity index (χ2n) is 3.45. The van der Waals surface area contributed by atoms with E-state index < -0.39 is 23.4 Å². The number of thiazole rings is 1. The number of aromatic nitrogens is 1. The van der Waals surface area contributed by atoms with Gasteiger partial charge in [-0.1, -0.05) is 6.07 Å². The number of aryl methyl sites for hydroxylation is 1. The second-order valence-corrected chi connectivity index (χ2v) is 4.69. The zero-order valence-corrected chi connectivity index (χ0v) is 10.1. The van der Waals surface area contributed by atoms with Crippen LogP contribution in [0.25, 0.3) is 0 Å². The monoisotopic (exact) mass is 269 g/mol. The van der Waals surface area contributed by atoms with Crippen LogP contribution in [0.2, 0.25) is 0 Å². The molecule has 0 aliphatic rings. The molecule has 7 heteroatoms. The molecule has 0 spiro atoms. The molecule has 1 aromatic heterocycles. The summed E-state index contributed by atoms with van der Waals surface area (Å²) in [5.41, 5.74) is -0.483. The van der Waals surface area contributed by atoms with Crippen LogP contribution in [0.4, 0.5) is 24.4 Å². The highest BCUT2D eigenvalue weighted by atomic mass is 32.1. The van der Waals surface area contributed by atoms with Crippen LogP contribution in [0.1, 0.15) is 4.88 Å². The summed E-state index contributed by atoms with van der Waals surface area (Å²) in [7, 11) is 0. The maximum Gasteiger partial charge on any atom is 0.325 e. The second kappa shape index (κ2) is 5.09. The van der Waals surface area contributed by atoms with E-state index in [1.165, 1.54) is 17.4 Å². The fraction of sp³-hybridized carbons (Fsp3) is 0.0909. The van der Waals surface area contributed by atoms with Gasteiger partial charge in [-0.15, -0.1) is 11.3 Å². The van der Waals surface area contributed by atoms with Crippen molar-refractivity contribution in [3.05, 3.63) is 40.9 Å². The number of anilines is 2. The molecule has 0 aliphatic heterocycles. The van der Waals surface area contributed by atoms with Crippen LogP contribution in [-0.2, 0) is 0 Å². The molecule has 0 atom stereocenters. The van der Waals surface area contributed by atoms with E-state index in [-0.39, 0.29) is 0 Å². The molecule has 0 aliphatic carbocycles. The fourth-order valence-electron chi connectivity index (χ4n) is 1.27. The van der Waals surface area contributed by atoms with Gasteiger partial charge >= 0.3 is 6.03 Å². The number of nitrogens with one attached hydrogen (secondary N) is 2. The Kier molecular flexibility index (Phi) is 3.52. The molecule has 0 saturated carbocycles. The van der Waals surface area contributed by atoms with Crippen LogP contribution >= 0.6 is 11.3 Å². The van der Waals surface area contributed by atoms with Gasteiger partial charge < -0.3 is 5.32 Å². The SMILES string of the molecule is Cc1cnc(NC(=O)Nc2c(F)cccc2F)s1. The van der Waals surface area contributed by atoms with Gasteiger partial charge in [0.15, 0.2) is 5.13 Å². The largest absolute Gasteiger partial charge is 0.325 e. The van der Waals surface area contributed by atoms with Gasteiger partial charge in [0.25, 0.3) is 0 Å². The Balaban J connectivity index is 2.08. The summed E-state index contributed by atoms with van der Waals surface area (Å²) in [4.78, 5) is 16.3. The van der Waals surface area contributed by atoms with Crippen LogP contribution in [0, 0.1) is 18.6 Å². The molecule has 1 heterocycles. The van der Waals surface area contributed by atoms with Crippen molar-refractivity contribution in [3.63, 3.8) is 0 Å². The first-order valence-electron chi connectivity index (χ1n) is 5.00. The van der Waals surface area contributed by atoms with E-state index in [1.807, 2.05) is 6.92 Å². The van der Waals surface area contributed by atoms with E-state index in [0.29, 0.717) is 5.13 Å². The third-order valence-electron chi connectivity index (χ3n) is 2.04. The average molecular weight is 269 g/mol. The molecule has 0 saturated heterocycles. The van der Waals surface area contributed by atoms with Crippen LogP contribution in [0.15, 0.2) is 24.4 Å². The van der Waals surface area contributed by atoms with Crippen molar-refractivity contribution >= 4 is 28.2 Å². The molecule has 2 rings (SSSR count). The first-order valence-corrected chi connectivity index (χ1v) is 5.82. The number of urea groups is 1. The first-order chi connectivity index (χ1) is 8.56. The number of carbonyl (C=O) groups is 1. The van der Waals surface area contributed by atoms with Gasteiger partial charge in [-0.25, -0.2) is 18.6 Å². The fourth-order valence-corrected chi connectivity index (χ4v) is 1.93. The summed E-state index contributed by atoms with van der Waals surface area (Å²) in [5.74, 6) is -1.67. The zero-order chi connectivity index (χ0) is 13.1. The Labute approximate surface area is 106 Å². The Morgan fingerprint density at radius 2 is 1.94 bits per heavy atom. The van der Waals surface area contributed by atoms with Gasteiger partial charge in [0.05, 0.1) is 0 Å². The highest BCUT2D eigenvalue weighted by Crippen LogP contribution is 2.20. The molecule has 4 nitrogen and oxygen atoms in total. The molecule has 94 valence electrons. The molecule has 0 fully saturated rings. The topological polar surface area (TPSA) is 54.0 Å². The van der Waals surface area contributed by atoms with Gasteiger partial charge in [0.2, 0.25) is 0 Å². The zero-order valence-electron chi connectivity index (χ0n) is 9.33. The summed E-state index contributed by atoms with van der Waals surface area (Å²) in [5, 5.41) is 4.86. The maximum atomic E-state index is 13.3. The van der Waals surface area contributed by atoms with Crippen molar-refractivity contribution in [1.82, 2.24) is 4.98 Å². The molecule has 2 aromatic rings. The minimum absolute atomic E-state index is 0.363. The lowest BCUT2D eigenvalue weighted by atomic mass is 10.3. The van der Waals surface area contributed by atoms with E-state index in [0.717, 1.165) is 17.0 Å². The summed E-state index contributed by atoms with van der Waals surface area (Å²) >= 11 is 1.26. The number of benzene rings is 1. The lowest BCUT2D eigenvalue weighted by Crippen LogP contribution is -2.20. The molecule has 18 heavy (non-hydrogen) atoms. The number of halogens is 2. The Morgan fingerprint density at radius 1 is 1.28 bits per heavy atom. The van der Waals surface area contributed by atoms with Crippen molar-refractivity contribution in [2.75, 3.05) is 10.6 Å². The summed E-state index contributed by atoms with van der Waals surface area (Å²) in [6.07, 6.45) is 1.59. The van der Waals surface area contributed by atoms with Crippen molar-refractivity contribution in [2.24, 2.45) is 0 Å². The van der Waals surface area contributed by atoms with Crippen LogP contribution in [0.3, 0.4) is 0 Å². The smallest absolute Gasteiger partial charge is 0.302 e. The van der Waals surface area contributed by atoms with Crippen molar-refractivity contribution in [1.29, 1.82) is 0 Å². The van der Waals surface area contributed by atoms with Crippen LogP contribution < -0.4 is 10.6 Å². The van der Waals surface area contributed by atoms with Crippen molar-refractivity contribution < 1.29 is 13.6 Å². The predicted octanol–water partition coefficient (Wildman–Crippen LogP) is 3.37. The van der Waals surface area contributed by atoms with E-state index in [4.69, 9.17) is 0 Å². The summed E-state index contributed by atoms with van der Waals surface area (Å²) in [6.45, 7) is 1.83. The van der Waals surface area contributed by atoms with Crippen LogP contribution in [-0.4, -0.2) is 11.0 Å². The minimum Gasteiger partial charge on any atom is -0.302 e. The number of nitrogens with zero attached hydrogens (tertiary/aromatic N) is 1. The normalized spacial score (nSPS) is 10.2. The molecule has 0 radical (unpaired) electrons. The van der Waals surface area contributed by atoms with Gasteiger partial charge in [-0.05, 0) is 19.1 Å². The number of amides is 2. The highest BCUT2D eigenvalue weighted by Gasteiger charge is 2.12. The van der Waals surface area contributed by atoms with Crippen LogP contribution in [0.5, 0.6) is 0 Å². The van der Waals surface area contributed by atoms with Gasteiger partial charge in [-0.3, -0.25) is 5.32 Å². The maximum absolute atomic E-state index is 13.3. The Hall–Kier alpha value is -2.02. The van der Waals surface area contributed by atoms with E-state index in [9.17, 15) is 13.6 Å². The van der Waals surface area contributed by atoms with Gasteiger partial charge in [-0.2, -0.15) is 0 Å². The van der Waals surface area contributed by atoms with Gasteiger partial charge in [0, 0.05) is 11.1 Å². The Morgan fingerprint density at radius 3 is 2.50 bits per heavy atom. The molecular formula is C11H9F2N3OS. The first kappa shape index (κ1) is 12.4. The Bertz CT molecular complexity index is 565. The number of hydrogen-bond donors (Lipinski definition) is 2. The summed E-state index contributed by atoms with van der Waals surface area (Å²) in [6, 6.07) is 2.60. The van der Waals surface area contributed by atoms with Crippen molar-refractivity contribution in [2.45, 2.75) is 6.92 Å². The molecular weight excluding hydrogens is 260 g/mol. The molecule has 1 aromatic carbocycles. The number of para-hydroxylation sites is 1. The van der Waals surface area contributed by atoms with E-state index in [1.54, 1.807) is 6.20 Å². The average Bonchev–Trinajstić information content (AvgIpc) is 2.69. The lowest BCUT2D eigenvalue weighted by molar-refractivity contribution is 0.262. The third-order valence-corrected chi connectivity index (χ3v) is 2.87. The van der Waals surface area contributed by atoms with E-state index in [2.05, 4.69) is 15.6 Å². The number of carbonyl (C=O) groups excluding carboxylic acids is 1. The lowest BCUT2D eigenvalue weighted by Gasteiger charge is -2.07. The molecule has 0 bridgehead atoms. The quantitative estimate of drug-likeness (QED) is 0.878. The number of hydrogen-bond acceptors (Lipinski definition) is 3. The number of rotatable bonds is 2. The standard InChI is InChI=1S/C11H9F2N3OS/c1-6-5-14-11(18-6)16-10(17)15-9-7(12)3-2-4-8(9)13/h2-5H,1H3,(H2,14,15,16,17). The third kappa shape index (κ3) is 2.80. The molecule has 2 amide bonds. The molecule has 2 N–H and O–H groups in total. The minimum atomic E-state index is -0.833. The molecule has 0 unspecified atom stereocenters. The van der Waals surface area contributed by atoms with E-state index >= 15 is 0 Å². The highest BCUT2D eigenvalue weighted by molar-refractivity contribution is 7.15. The predicted molar refractivity (Wildman–Crippen MR) is 65.9 cm³/mol.